The number of urea groups is 1. The molecule has 3 heterocycles. The quantitative estimate of drug-likeness (QED) is 0.720. The van der Waals surface area contributed by atoms with E-state index in [4.69, 9.17) is 0 Å². The molecule has 0 saturated carbocycles. The van der Waals surface area contributed by atoms with Crippen molar-refractivity contribution in [3.63, 3.8) is 0 Å². The fourth-order valence-corrected chi connectivity index (χ4v) is 4.45. The standard InChI is InChI=1S/C18H26N4O2S.ClH/c1-13(2)25-12-11-22-16(23)18(21-17(22)24,14-6-9-19-10-7-14)15-5-3-4-8-20-15;/h3-5,8,13-14,19H,6-7,9-12H2,1-2H3,(H,21,24);1H. The Balaban J connectivity index is 0.00000243. The van der Waals surface area contributed by atoms with Crippen molar-refractivity contribution in [2.75, 3.05) is 25.4 Å². The van der Waals surface area contributed by atoms with Crippen LogP contribution in [0.15, 0.2) is 24.4 Å². The summed E-state index contributed by atoms with van der Waals surface area (Å²) in [7, 11) is 0. The molecular formula is C18H27ClN4O2S. The van der Waals surface area contributed by atoms with Crippen LogP contribution < -0.4 is 10.6 Å². The zero-order valence-electron chi connectivity index (χ0n) is 15.2. The number of amides is 3. The number of piperidine rings is 1. The Kier molecular flexibility index (Phi) is 7.32. The monoisotopic (exact) mass is 398 g/mol. The smallest absolute Gasteiger partial charge is 0.318 e. The van der Waals surface area contributed by atoms with Crippen molar-refractivity contribution < 1.29 is 9.59 Å². The zero-order valence-corrected chi connectivity index (χ0v) is 16.9. The average Bonchev–Trinajstić information content (AvgIpc) is 2.88. The first-order valence-electron chi connectivity index (χ1n) is 8.93. The van der Waals surface area contributed by atoms with E-state index >= 15 is 0 Å². The number of rotatable bonds is 6. The molecule has 0 spiro atoms. The number of aromatic nitrogens is 1. The van der Waals surface area contributed by atoms with Gasteiger partial charge in [-0.25, -0.2) is 4.79 Å². The van der Waals surface area contributed by atoms with E-state index in [1.165, 1.54) is 4.90 Å². The van der Waals surface area contributed by atoms with Crippen LogP contribution in [0.25, 0.3) is 0 Å². The van der Waals surface area contributed by atoms with Gasteiger partial charge in [0, 0.05) is 18.5 Å². The Morgan fingerprint density at radius 2 is 2.04 bits per heavy atom. The molecule has 1 aromatic rings. The van der Waals surface area contributed by atoms with E-state index in [1.54, 1.807) is 18.0 Å². The Morgan fingerprint density at radius 3 is 2.65 bits per heavy atom. The molecule has 2 aliphatic heterocycles. The maximum absolute atomic E-state index is 13.4. The number of imide groups is 1. The highest BCUT2D eigenvalue weighted by Crippen LogP contribution is 2.39. The Morgan fingerprint density at radius 1 is 1.31 bits per heavy atom. The van der Waals surface area contributed by atoms with Crippen molar-refractivity contribution in [2.45, 2.75) is 37.5 Å². The van der Waals surface area contributed by atoms with Gasteiger partial charge >= 0.3 is 6.03 Å². The van der Waals surface area contributed by atoms with Crippen molar-refractivity contribution in [1.82, 2.24) is 20.5 Å². The fourth-order valence-electron chi connectivity index (χ4n) is 3.69. The molecule has 0 bridgehead atoms. The van der Waals surface area contributed by atoms with Crippen LogP contribution in [0.5, 0.6) is 0 Å². The molecule has 3 rings (SSSR count). The van der Waals surface area contributed by atoms with E-state index in [9.17, 15) is 9.59 Å². The number of carbonyl (C=O) groups excluding carboxylic acids is 2. The SMILES string of the molecule is CC(C)SCCN1C(=O)NC(c2ccccn2)(C2CCNCC2)C1=O.Cl. The summed E-state index contributed by atoms with van der Waals surface area (Å²) in [5.41, 5.74) is -0.373. The number of thioether (sulfide) groups is 1. The van der Waals surface area contributed by atoms with Gasteiger partial charge in [0.2, 0.25) is 0 Å². The second kappa shape index (κ2) is 9.06. The number of nitrogens with zero attached hydrogens (tertiary/aromatic N) is 2. The number of hydrogen-bond acceptors (Lipinski definition) is 5. The van der Waals surface area contributed by atoms with Gasteiger partial charge in [-0.05, 0) is 49.2 Å². The molecule has 3 amide bonds. The predicted molar refractivity (Wildman–Crippen MR) is 107 cm³/mol. The molecule has 26 heavy (non-hydrogen) atoms. The van der Waals surface area contributed by atoms with E-state index < -0.39 is 5.54 Å². The highest BCUT2D eigenvalue weighted by Gasteiger charge is 2.57. The van der Waals surface area contributed by atoms with Crippen molar-refractivity contribution in [3.8, 4) is 0 Å². The summed E-state index contributed by atoms with van der Waals surface area (Å²) in [6.07, 6.45) is 3.38. The summed E-state index contributed by atoms with van der Waals surface area (Å²) < 4.78 is 0. The third-order valence-electron chi connectivity index (χ3n) is 4.92. The molecular weight excluding hydrogens is 372 g/mol. The third-order valence-corrected chi connectivity index (χ3v) is 6.00. The summed E-state index contributed by atoms with van der Waals surface area (Å²) in [4.78, 5) is 31.8. The summed E-state index contributed by atoms with van der Waals surface area (Å²) in [6.45, 7) is 6.37. The summed E-state index contributed by atoms with van der Waals surface area (Å²) in [5.74, 6) is 0.664. The number of hydrogen-bond donors (Lipinski definition) is 2. The van der Waals surface area contributed by atoms with Gasteiger partial charge in [-0.15, -0.1) is 12.4 Å². The van der Waals surface area contributed by atoms with Crippen molar-refractivity contribution in [1.29, 1.82) is 0 Å². The number of halogens is 1. The van der Waals surface area contributed by atoms with Gasteiger partial charge in [-0.3, -0.25) is 14.7 Å². The Bertz CT molecular complexity index is 625. The maximum Gasteiger partial charge on any atom is 0.325 e. The van der Waals surface area contributed by atoms with Crippen molar-refractivity contribution in [3.05, 3.63) is 30.1 Å². The minimum atomic E-state index is -1.02. The zero-order chi connectivity index (χ0) is 17.9. The van der Waals surface area contributed by atoms with Crippen LogP contribution in [0.3, 0.4) is 0 Å². The van der Waals surface area contributed by atoms with Gasteiger partial charge in [0.05, 0.1) is 5.69 Å². The van der Waals surface area contributed by atoms with Gasteiger partial charge in [0.15, 0.2) is 5.54 Å². The second-order valence-electron chi connectivity index (χ2n) is 6.85. The van der Waals surface area contributed by atoms with Gasteiger partial charge in [-0.1, -0.05) is 19.9 Å². The average molecular weight is 399 g/mol. The number of carbonyl (C=O) groups is 2. The number of pyridine rings is 1. The van der Waals surface area contributed by atoms with Crippen LogP contribution in [0.2, 0.25) is 0 Å². The van der Waals surface area contributed by atoms with Crippen molar-refractivity contribution >= 4 is 36.1 Å². The van der Waals surface area contributed by atoms with Crippen molar-refractivity contribution in [2.24, 2.45) is 5.92 Å². The summed E-state index contributed by atoms with van der Waals surface area (Å²) >= 11 is 1.75. The molecule has 2 fully saturated rings. The molecule has 2 aliphatic rings. The van der Waals surface area contributed by atoms with Crippen LogP contribution >= 0.6 is 24.2 Å². The van der Waals surface area contributed by atoms with E-state index in [-0.39, 0.29) is 30.3 Å². The number of nitrogens with one attached hydrogen (secondary N) is 2. The first-order chi connectivity index (χ1) is 12.1. The predicted octanol–water partition coefficient (Wildman–Crippen LogP) is 2.39. The molecule has 1 unspecified atom stereocenters. The highest BCUT2D eigenvalue weighted by atomic mass is 35.5. The highest BCUT2D eigenvalue weighted by molar-refractivity contribution is 7.99. The molecule has 1 aromatic heterocycles. The Hall–Kier alpha value is -1.31. The van der Waals surface area contributed by atoms with Gasteiger partial charge in [-0.2, -0.15) is 11.8 Å². The van der Waals surface area contributed by atoms with Gasteiger partial charge in [0.25, 0.3) is 5.91 Å². The first kappa shape index (κ1) is 21.0. The van der Waals surface area contributed by atoms with E-state index in [0.29, 0.717) is 17.5 Å². The summed E-state index contributed by atoms with van der Waals surface area (Å²) in [5, 5.41) is 6.84. The second-order valence-corrected chi connectivity index (χ2v) is 8.54. The normalized spacial score (nSPS) is 23.9. The molecule has 0 aliphatic carbocycles. The molecule has 1 atom stereocenters. The maximum atomic E-state index is 13.4. The minimum absolute atomic E-state index is 0. The molecule has 0 aromatic carbocycles. The lowest BCUT2D eigenvalue weighted by molar-refractivity contribution is -0.134. The van der Waals surface area contributed by atoms with Crippen LogP contribution in [0.4, 0.5) is 4.79 Å². The molecule has 8 heteroatoms. The van der Waals surface area contributed by atoms with E-state index in [0.717, 1.165) is 31.7 Å². The molecule has 2 N–H and O–H groups in total. The Labute approximate surface area is 165 Å². The lowest BCUT2D eigenvalue weighted by atomic mass is 9.75. The van der Waals surface area contributed by atoms with Crippen LogP contribution in [0.1, 0.15) is 32.4 Å². The molecule has 2 saturated heterocycles. The van der Waals surface area contributed by atoms with Crippen LogP contribution in [0, 0.1) is 5.92 Å². The van der Waals surface area contributed by atoms with E-state index in [1.807, 2.05) is 18.2 Å². The van der Waals surface area contributed by atoms with Crippen LogP contribution in [-0.4, -0.2) is 52.5 Å². The largest absolute Gasteiger partial charge is 0.325 e. The minimum Gasteiger partial charge on any atom is -0.318 e. The lowest BCUT2D eigenvalue weighted by Crippen LogP contribution is -2.53. The lowest BCUT2D eigenvalue weighted by Gasteiger charge is -2.37. The molecule has 144 valence electrons. The molecule has 0 radical (unpaired) electrons. The van der Waals surface area contributed by atoms with Gasteiger partial charge in [0.1, 0.15) is 0 Å². The summed E-state index contributed by atoms with van der Waals surface area (Å²) in [6, 6.07) is 5.27. The fraction of sp³-hybridized carbons (Fsp3) is 0.611. The third kappa shape index (κ3) is 4.00. The first-order valence-corrected chi connectivity index (χ1v) is 9.98. The van der Waals surface area contributed by atoms with E-state index in [2.05, 4.69) is 29.5 Å². The van der Waals surface area contributed by atoms with Crippen LogP contribution in [-0.2, 0) is 10.3 Å². The molecule has 6 nitrogen and oxygen atoms in total. The van der Waals surface area contributed by atoms with Gasteiger partial charge < -0.3 is 10.6 Å². The topological polar surface area (TPSA) is 74.3 Å².